The van der Waals surface area contributed by atoms with Gasteiger partial charge in [0.1, 0.15) is 6.33 Å². The predicted molar refractivity (Wildman–Crippen MR) is 86.8 cm³/mol. The van der Waals surface area contributed by atoms with Gasteiger partial charge >= 0.3 is 0 Å². The molecule has 1 heterocycles. The van der Waals surface area contributed by atoms with Crippen LogP contribution in [0.2, 0.25) is 0 Å². The first-order valence-electron chi connectivity index (χ1n) is 7.53. The molecule has 0 bridgehead atoms. The first kappa shape index (κ1) is 15.8. The van der Waals surface area contributed by atoms with E-state index in [2.05, 4.69) is 20.8 Å². The van der Waals surface area contributed by atoms with Crippen molar-refractivity contribution in [3.63, 3.8) is 0 Å². The molecule has 24 heavy (non-hydrogen) atoms. The fraction of sp³-hybridized carbons (Fsp3) is 0.176. The highest BCUT2D eigenvalue weighted by atomic mass is 16.3. The summed E-state index contributed by atoms with van der Waals surface area (Å²) in [5.74, 6) is -0.295. The molecule has 0 spiro atoms. The highest BCUT2D eigenvalue weighted by molar-refractivity contribution is 5.83. The Bertz CT molecular complexity index is 762. The van der Waals surface area contributed by atoms with E-state index in [0.29, 0.717) is 0 Å². The van der Waals surface area contributed by atoms with Crippen molar-refractivity contribution in [3.8, 4) is 0 Å². The molecule has 0 aliphatic rings. The Balaban J connectivity index is 1.87. The molecule has 0 saturated heterocycles. The van der Waals surface area contributed by atoms with Crippen LogP contribution >= 0.6 is 0 Å². The first-order valence-corrected chi connectivity index (χ1v) is 7.53. The summed E-state index contributed by atoms with van der Waals surface area (Å²) in [6.45, 7) is -0.202. The van der Waals surface area contributed by atoms with Crippen molar-refractivity contribution in [3.05, 3.63) is 78.1 Å². The Morgan fingerprint density at radius 3 is 2.21 bits per heavy atom. The second-order valence-electron chi connectivity index (χ2n) is 5.26. The topological polar surface area (TPSA) is 92.9 Å². The van der Waals surface area contributed by atoms with E-state index in [1.54, 1.807) is 0 Å². The average molecular weight is 323 g/mol. The van der Waals surface area contributed by atoms with Gasteiger partial charge in [-0.15, -0.1) is 5.10 Å². The van der Waals surface area contributed by atoms with E-state index in [4.69, 9.17) is 0 Å². The van der Waals surface area contributed by atoms with Gasteiger partial charge in [-0.1, -0.05) is 60.7 Å². The number of aromatic nitrogens is 4. The van der Waals surface area contributed by atoms with Crippen molar-refractivity contribution in [2.24, 2.45) is 0 Å². The maximum absolute atomic E-state index is 12.8. The van der Waals surface area contributed by atoms with Crippen LogP contribution in [-0.2, 0) is 4.79 Å². The molecule has 7 heteroatoms. The van der Waals surface area contributed by atoms with Gasteiger partial charge in [-0.25, -0.2) is 4.68 Å². The predicted octanol–water partition coefficient (Wildman–Crippen LogP) is 1.11. The number of aliphatic hydroxyl groups excluding tert-OH is 1. The largest absolute Gasteiger partial charge is 0.394 e. The number of carbonyl (C=O) groups is 1. The first-order chi connectivity index (χ1) is 11.8. The average Bonchev–Trinajstić information content (AvgIpc) is 3.15. The molecule has 3 aromatic rings. The van der Waals surface area contributed by atoms with E-state index in [1.165, 1.54) is 11.0 Å². The molecule has 1 amide bonds. The normalized spacial score (nSPS) is 13.2. The maximum Gasteiger partial charge on any atom is 0.250 e. The van der Waals surface area contributed by atoms with Crippen molar-refractivity contribution in [1.29, 1.82) is 0 Å². The fourth-order valence-electron chi connectivity index (χ4n) is 2.52. The van der Waals surface area contributed by atoms with E-state index in [-0.39, 0.29) is 12.5 Å². The summed E-state index contributed by atoms with van der Waals surface area (Å²) in [6, 6.07) is 17.4. The van der Waals surface area contributed by atoms with E-state index >= 15 is 0 Å². The Kier molecular flexibility index (Phi) is 4.93. The molecule has 0 fully saturated rings. The second kappa shape index (κ2) is 7.47. The molecule has 0 saturated carbocycles. The number of carbonyl (C=O) groups excluding carboxylic acids is 1. The Labute approximate surface area is 138 Å². The zero-order valence-corrected chi connectivity index (χ0v) is 12.9. The lowest BCUT2D eigenvalue weighted by Gasteiger charge is -2.21. The lowest BCUT2D eigenvalue weighted by molar-refractivity contribution is -0.124. The molecule has 1 aromatic heterocycles. The van der Waals surface area contributed by atoms with Crippen LogP contribution in [0.15, 0.2) is 67.0 Å². The molecule has 0 radical (unpaired) electrons. The van der Waals surface area contributed by atoms with Gasteiger partial charge < -0.3 is 10.4 Å². The lowest BCUT2D eigenvalue weighted by atomic mass is 10.0. The van der Waals surface area contributed by atoms with E-state index < -0.39 is 12.1 Å². The molecule has 0 unspecified atom stereocenters. The van der Waals surface area contributed by atoms with Crippen LogP contribution in [0.3, 0.4) is 0 Å². The third-order valence-electron chi connectivity index (χ3n) is 3.69. The van der Waals surface area contributed by atoms with Gasteiger partial charge in [-0.05, 0) is 21.6 Å². The number of tetrazole rings is 1. The third kappa shape index (κ3) is 3.47. The molecular weight excluding hydrogens is 306 g/mol. The number of hydrogen-bond acceptors (Lipinski definition) is 5. The Hall–Kier alpha value is -3.06. The van der Waals surface area contributed by atoms with Gasteiger partial charge in [0.2, 0.25) is 5.91 Å². The van der Waals surface area contributed by atoms with E-state index in [1.807, 2.05) is 60.7 Å². The van der Waals surface area contributed by atoms with Gasteiger partial charge in [0, 0.05) is 0 Å². The van der Waals surface area contributed by atoms with Crippen molar-refractivity contribution in [1.82, 2.24) is 25.5 Å². The van der Waals surface area contributed by atoms with Crippen LogP contribution in [-0.4, -0.2) is 37.8 Å². The minimum absolute atomic E-state index is 0.202. The van der Waals surface area contributed by atoms with Crippen LogP contribution in [0.1, 0.15) is 23.2 Å². The van der Waals surface area contributed by atoms with Crippen LogP contribution in [0.5, 0.6) is 0 Å². The van der Waals surface area contributed by atoms with Gasteiger partial charge in [0.15, 0.2) is 6.04 Å². The molecular formula is C17H17N5O2. The molecule has 0 aliphatic carbocycles. The van der Waals surface area contributed by atoms with Crippen LogP contribution < -0.4 is 5.32 Å². The monoisotopic (exact) mass is 323 g/mol. The Morgan fingerprint density at radius 1 is 1.04 bits per heavy atom. The quantitative estimate of drug-likeness (QED) is 0.709. The standard InChI is InChI=1S/C17H17N5O2/c23-11-15(13-7-3-1-4-8-13)19-17(24)16(22-12-18-20-21-22)14-9-5-2-6-10-14/h1-10,12,15-16,23H,11H2,(H,19,24)/t15-,16+/m0/s1. The van der Waals surface area contributed by atoms with Gasteiger partial charge in [0.05, 0.1) is 12.6 Å². The summed E-state index contributed by atoms with van der Waals surface area (Å²) in [7, 11) is 0. The van der Waals surface area contributed by atoms with Crippen molar-refractivity contribution in [2.75, 3.05) is 6.61 Å². The molecule has 2 N–H and O–H groups in total. The highest BCUT2D eigenvalue weighted by Crippen LogP contribution is 2.19. The zero-order valence-electron chi connectivity index (χ0n) is 12.9. The van der Waals surface area contributed by atoms with E-state index in [9.17, 15) is 9.90 Å². The molecule has 2 aromatic carbocycles. The van der Waals surface area contributed by atoms with Gasteiger partial charge in [0.25, 0.3) is 0 Å². The number of nitrogens with one attached hydrogen (secondary N) is 1. The fourth-order valence-corrected chi connectivity index (χ4v) is 2.52. The highest BCUT2D eigenvalue weighted by Gasteiger charge is 2.26. The molecule has 122 valence electrons. The minimum Gasteiger partial charge on any atom is -0.394 e. The third-order valence-corrected chi connectivity index (χ3v) is 3.69. The number of benzene rings is 2. The molecule has 7 nitrogen and oxygen atoms in total. The van der Waals surface area contributed by atoms with Crippen LogP contribution in [0.4, 0.5) is 0 Å². The lowest BCUT2D eigenvalue weighted by Crippen LogP contribution is -2.37. The zero-order chi connectivity index (χ0) is 16.8. The number of aliphatic hydroxyl groups is 1. The number of nitrogens with zero attached hydrogens (tertiary/aromatic N) is 4. The van der Waals surface area contributed by atoms with E-state index in [0.717, 1.165) is 11.1 Å². The summed E-state index contributed by atoms with van der Waals surface area (Å²) in [5.41, 5.74) is 1.59. The Morgan fingerprint density at radius 2 is 1.67 bits per heavy atom. The number of rotatable bonds is 6. The SMILES string of the molecule is O=C(N[C@@H](CO)c1ccccc1)[C@@H](c1ccccc1)n1cnnn1. The summed E-state index contributed by atoms with van der Waals surface area (Å²) >= 11 is 0. The van der Waals surface area contributed by atoms with Crippen LogP contribution in [0, 0.1) is 0 Å². The van der Waals surface area contributed by atoms with Gasteiger partial charge in [-0.2, -0.15) is 0 Å². The smallest absolute Gasteiger partial charge is 0.250 e. The van der Waals surface area contributed by atoms with Crippen LogP contribution in [0.25, 0.3) is 0 Å². The number of hydrogen-bond donors (Lipinski definition) is 2. The van der Waals surface area contributed by atoms with Crippen molar-refractivity contribution >= 4 is 5.91 Å². The molecule has 0 aliphatic heterocycles. The molecule has 2 atom stereocenters. The summed E-state index contributed by atoms with van der Waals surface area (Å²) < 4.78 is 1.39. The van der Waals surface area contributed by atoms with Crippen molar-refractivity contribution in [2.45, 2.75) is 12.1 Å². The summed E-state index contributed by atoms with van der Waals surface area (Å²) in [4.78, 5) is 12.8. The van der Waals surface area contributed by atoms with Gasteiger partial charge in [-0.3, -0.25) is 4.79 Å². The number of amides is 1. The second-order valence-corrected chi connectivity index (χ2v) is 5.26. The summed E-state index contributed by atoms with van der Waals surface area (Å²) in [6.07, 6.45) is 1.40. The maximum atomic E-state index is 12.8. The molecule has 3 rings (SSSR count). The van der Waals surface area contributed by atoms with Crippen molar-refractivity contribution < 1.29 is 9.90 Å². The minimum atomic E-state index is -0.709. The summed E-state index contributed by atoms with van der Waals surface area (Å²) in [5, 5.41) is 23.6.